The summed E-state index contributed by atoms with van der Waals surface area (Å²) in [6.45, 7) is 9.39. The number of carbonyl (C=O) groups is 1. The maximum atomic E-state index is 13.7. The number of hydrogen-bond acceptors (Lipinski definition) is 9. The highest BCUT2D eigenvalue weighted by Gasteiger charge is 2.25. The molecule has 2 fully saturated rings. The normalized spacial score (nSPS) is 15.9. The number of aromatic nitrogens is 4. The Hall–Kier alpha value is -3.79. The zero-order valence-corrected chi connectivity index (χ0v) is 29.8. The lowest BCUT2D eigenvalue weighted by atomic mass is 10.1. The third-order valence-electron chi connectivity index (χ3n) is 9.52. The third kappa shape index (κ3) is 9.07. The van der Waals surface area contributed by atoms with E-state index in [0.717, 1.165) is 104 Å². The molecule has 2 aromatic carbocycles. The van der Waals surface area contributed by atoms with E-state index < -0.39 is 13.2 Å². The van der Waals surface area contributed by atoms with Crippen molar-refractivity contribution in [3.8, 4) is 5.75 Å². The number of amides is 1. The number of nitrogens with one attached hydrogen (secondary N) is 2. The summed E-state index contributed by atoms with van der Waals surface area (Å²) in [5, 5.41) is 7.32. The maximum absolute atomic E-state index is 13.7. The number of anilines is 2. The van der Waals surface area contributed by atoms with Gasteiger partial charge < -0.3 is 29.2 Å². The van der Waals surface area contributed by atoms with Crippen molar-refractivity contribution in [2.45, 2.75) is 71.3 Å². The Kier molecular flexibility index (Phi) is 12.0. The molecular weight excluding hydrogens is 637 g/mol. The molecule has 262 valence electrons. The van der Waals surface area contributed by atoms with Gasteiger partial charge in [0.25, 0.3) is 0 Å². The summed E-state index contributed by atoms with van der Waals surface area (Å²) in [4.78, 5) is 29.6. The van der Waals surface area contributed by atoms with Crippen LogP contribution in [0.5, 0.6) is 5.75 Å². The predicted octanol–water partition coefficient (Wildman–Crippen LogP) is 6.70. The molecule has 4 aromatic rings. The summed E-state index contributed by atoms with van der Waals surface area (Å²) in [7, 11) is -2.39. The van der Waals surface area contributed by atoms with Crippen LogP contribution in [0.2, 0.25) is 0 Å². The second-order valence-corrected chi connectivity index (χ2v) is 16.4. The molecule has 0 spiro atoms. The highest BCUT2D eigenvalue weighted by atomic mass is 31.2. The standard InChI is InChI=1S/C37H50N7O4P/c1-3-24-49(46,25-4-2)32-14-12-30(13-15-32)40-35-33-36(42-34(41-35)29-9-5-6-10-29)44(27-39-33)18-16-28-8-7-11-31(26-28)48-37(45)38-17-19-43-20-22-47-23-21-43/h7-8,11-15,26-27,29H,3-6,9-10,16-25H2,1-2H3,(H,38,45)(H,40,41,42). The molecule has 0 bridgehead atoms. The van der Waals surface area contributed by atoms with E-state index in [1.807, 2.05) is 48.8 Å². The van der Waals surface area contributed by atoms with Crippen LogP contribution in [0.4, 0.5) is 16.3 Å². The van der Waals surface area contributed by atoms with Gasteiger partial charge in [-0.1, -0.05) is 38.8 Å². The number of rotatable bonds is 15. The maximum Gasteiger partial charge on any atom is 0.412 e. The molecule has 1 aliphatic carbocycles. The lowest BCUT2D eigenvalue weighted by Gasteiger charge is -2.26. The fraction of sp³-hybridized carbons (Fsp3) is 0.514. The molecule has 6 rings (SSSR count). The summed E-state index contributed by atoms with van der Waals surface area (Å²) in [5.74, 6) is 2.40. The Morgan fingerprint density at radius 2 is 1.76 bits per heavy atom. The van der Waals surface area contributed by atoms with Crippen molar-refractivity contribution in [1.82, 2.24) is 29.7 Å². The molecule has 1 saturated heterocycles. The summed E-state index contributed by atoms with van der Waals surface area (Å²) in [5.41, 5.74) is 3.46. The van der Waals surface area contributed by atoms with Crippen LogP contribution in [0.3, 0.4) is 0 Å². The minimum atomic E-state index is -2.39. The molecule has 3 heterocycles. The predicted molar refractivity (Wildman–Crippen MR) is 195 cm³/mol. The molecule has 1 saturated carbocycles. The van der Waals surface area contributed by atoms with Crippen molar-refractivity contribution in [1.29, 1.82) is 0 Å². The van der Waals surface area contributed by atoms with Crippen LogP contribution in [0.25, 0.3) is 11.2 Å². The highest BCUT2D eigenvalue weighted by Crippen LogP contribution is 2.45. The highest BCUT2D eigenvalue weighted by molar-refractivity contribution is 7.71. The first-order valence-corrected chi connectivity index (χ1v) is 20.0. The van der Waals surface area contributed by atoms with Crippen LogP contribution in [-0.4, -0.2) is 82.2 Å². The lowest BCUT2D eigenvalue weighted by molar-refractivity contribution is 0.0385. The molecule has 1 aliphatic heterocycles. The number of fused-ring (bicyclic) bond motifs is 1. The van der Waals surface area contributed by atoms with Gasteiger partial charge >= 0.3 is 6.09 Å². The van der Waals surface area contributed by atoms with E-state index in [-0.39, 0.29) is 0 Å². The zero-order chi connectivity index (χ0) is 34.1. The Morgan fingerprint density at radius 1 is 1.00 bits per heavy atom. The first kappa shape index (κ1) is 35.1. The van der Waals surface area contributed by atoms with Gasteiger partial charge in [0.1, 0.15) is 18.7 Å². The van der Waals surface area contributed by atoms with Gasteiger partial charge in [-0.25, -0.2) is 19.7 Å². The topological polar surface area (TPSA) is 124 Å². The van der Waals surface area contributed by atoms with E-state index in [0.29, 0.717) is 37.0 Å². The second-order valence-electron chi connectivity index (χ2n) is 13.2. The molecule has 11 nitrogen and oxygen atoms in total. The van der Waals surface area contributed by atoms with Crippen molar-refractivity contribution in [3.63, 3.8) is 0 Å². The SMILES string of the molecule is CCCP(=O)(CCC)c1ccc(Nc2nc(C3CCCC3)nc3c2ncn3CCc2cccc(OC(=O)NCCN3CCOCC3)c2)cc1. The molecule has 0 radical (unpaired) electrons. The molecular formula is C37H50N7O4P. The fourth-order valence-electron chi connectivity index (χ4n) is 6.92. The van der Waals surface area contributed by atoms with Crippen LogP contribution in [0.15, 0.2) is 54.9 Å². The molecule has 1 amide bonds. The van der Waals surface area contributed by atoms with Crippen LogP contribution in [0.1, 0.15) is 69.7 Å². The van der Waals surface area contributed by atoms with E-state index >= 15 is 0 Å². The molecule has 49 heavy (non-hydrogen) atoms. The van der Waals surface area contributed by atoms with E-state index in [4.69, 9.17) is 24.4 Å². The minimum Gasteiger partial charge on any atom is -0.410 e. The summed E-state index contributed by atoms with van der Waals surface area (Å²) in [6.07, 6.45) is 9.96. The van der Waals surface area contributed by atoms with Crippen LogP contribution >= 0.6 is 7.14 Å². The van der Waals surface area contributed by atoms with Gasteiger partial charge in [0.15, 0.2) is 17.0 Å². The van der Waals surface area contributed by atoms with Gasteiger partial charge in [-0.05, 0) is 74.1 Å². The number of hydrogen-bond donors (Lipinski definition) is 2. The quantitative estimate of drug-likeness (QED) is 0.132. The van der Waals surface area contributed by atoms with Crippen LogP contribution < -0.4 is 20.7 Å². The number of benzene rings is 2. The second kappa shape index (κ2) is 16.7. The number of aryl methyl sites for hydroxylation is 2. The molecule has 0 unspecified atom stereocenters. The van der Waals surface area contributed by atoms with Crippen molar-refractivity contribution in [3.05, 3.63) is 66.2 Å². The number of carbonyl (C=O) groups excluding carboxylic acids is 1. The largest absolute Gasteiger partial charge is 0.412 e. The minimum absolute atomic E-state index is 0.332. The average Bonchev–Trinajstić information content (AvgIpc) is 3.80. The van der Waals surface area contributed by atoms with Crippen molar-refractivity contribution < 1.29 is 18.8 Å². The Morgan fingerprint density at radius 3 is 2.49 bits per heavy atom. The van der Waals surface area contributed by atoms with Gasteiger partial charge in [-0.2, -0.15) is 0 Å². The lowest BCUT2D eigenvalue weighted by Crippen LogP contribution is -2.41. The molecule has 2 aromatic heterocycles. The van der Waals surface area contributed by atoms with Crippen molar-refractivity contribution >= 4 is 41.2 Å². The number of nitrogens with zero attached hydrogens (tertiary/aromatic N) is 5. The zero-order valence-electron chi connectivity index (χ0n) is 28.9. The summed E-state index contributed by atoms with van der Waals surface area (Å²) in [6, 6.07) is 15.7. The van der Waals surface area contributed by atoms with E-state index in [1.54, 1.807) is 6.07 Å². The Labute approximate surface area is 289 Å². The van der Waals surface area contributed by atoms with Crippen LogP contribution in [0, 0.1) is 0 Å². The smallest absolute Gasteiger partial charge is 0.410 e. The molecule has 2 N–H and O–H groups in total. The molecule has 2 aliphatic rings. The number of ether oxygens (including phenoxy) is 2. The number of morpholine rings is 1. The van der Waals surface area contributed by atoms with Crippen LogP contribution in [-0.2, 0) is 22.3 Å². The van der Waals surface area contributed by atoms with Gasteiger partial charge in [-0.3, -0.25) is 4.90 Å². The first-order chi connectivity index (χ1) is 23.9. The first-order valence-electron chi connectivity index (χ1n) is 18.0. The Bertz CT molecular complexity index is 1720. The fourth-order valence-corrected chi connectivity index (χ4v) is 9.80. The number of imidazole rings is 1. The Balaban J connectivity index is 1.14. The van der Waals surface area contributed by atoms with Crippen molar-refractivity contribution in [2.24, 2.45) is 0 Å². The average molecular weight is 688 g/mol. The van der Waals surface area contributed by atoms with Crippen molar-refractivity contribution in [2.75, 3.05) is 57.0 Å². The van der Waals surface area contributed by atoms with E-state index in [2.05, 4.69) is 33.9 Å². The van der Waals surface area contributed by atoms with E-state index in [1.165, 1.54) is 12.8 Å². The molecule has 0 atom stereocenters. The van der Waals surface area contributed by atoms with Gasteiger partial charge in [0, 0.05) is 62.0 Å². The monoisotopic (exact) mass is 687 g/mol. The molecule has 12 heteroatoms. The van der Waals surface area contributed by atoms with Gasteiger partial charge in [0.2, 0.25) is 0 Å². The third-order valence-corrected chi connectivity index (χ3v) is 13.1. The van der Waals surface area contributed by atoms with Gasteiger partial charge in [-0.15, -0.1) is 0 Å². The van der Waals surface area contributed by atoms with Gasteiger partial charge in [0.05, 0.1) is 19.5 Å². The van der Waals surface area contributed by atoms with E-state index in [9.17, 15) is 9.36 Å². The summed E-state index contributed by atoms with van der Waals surface area (Å²) >= 11 is 0. The summed E-state index contributed by atoms with van der Waals surface area (Å²) < 4.78 is 26.7.